The van der Waals surface area contributed by atoms with Gasteiger partial charge in [-0.1, -0.05) is 74.5 Å². The third-order valence-corrected chi connectivity index (χ3v) is 7.11. The lowest BCUT2D eigenvalue weighted by Gasteiger charge is -2.45. The van der Waals surface area contributed by atoms with Crippen LogP contribution in [0.5, 0.6) is 5.75 Å². The van der Waals surface area contributed by atoms with E-state index in [0.29, 0.717) is 28.3 Å². The van der Waals surface area contributed by atoms with E-state index < -0.39 is 40.9 Å². The highest BCUT2D eigenvalue weighted by molar-refractivity contribution is 6.21. The number of nitrogens with zero attached hydrogens (tertiary/aromatic N) is 2. The summed E-state index contributed by atoms with van der Waals surface area (Å²) in [6.45, 7) is 8.98. The fourth-order valence-electron chi connectivity index (χ4n) is 5.38. The normalized spacial score (nSPS) is 16.8. The summed E-state index contributed by atoms with van der Waals surface area (Å²) in [7, 11) is 1.55. The third-order valence-electron chi connectivity index (χ3n) is 7.11. The summed E-state index contributed by atoms with van der Waals surface area (Å²) in [6.07, 6.45) is -0.313. The monoisotopic (exact) mass is 555 g/mol. The predicted molar refractivity (Wildman–Crippen MR) is 159 cm³/mol. The molecule has 1 heterocycles. The van der Waals surface area contributed by atoms with Crippen LogP contribution in [0.3, 0.4) is 0 Å². The second-order valence-electron chi connectivity index (χ2n) is 11.4. The molecule has 2 amide bonds. The first-order chi connectivity index (χ1) is 19.4. The Morgan fingerprint density at radius 1 is 0.951 bits per heavy atom. The van der Waals surface area contributed by atoms with Crippen LogP contribution in [0.15, 0.2) is 83.9 Å². The molecule has 2 unspecified atom stereocenters. The molecule has 8 heteroatoms. The SMILES string of the molecule is COc1ccc(C(C(N)=O)(C(C)C)N2C(=O)C(CC(=O)OC(C)(C)C)N=C(c3ccccc3)c3ccccc32)cc1. The van der Waals surface area contributed by atoms with Crippen molar-refractivity contribution in [2.75, 3.05) is 12.0 Å². The summed E-state index contributed by atoms with van der Waals surface area (Å²) in [4.78, 5) is 47.9. The van der Waals surface area contributed by atoms with Gasteiger partial charge >= 0.3 is 5.97 Å². The molecule has 0 saturated heterocycles. The molecule has 0 fully saturated rings. The number of hydrogen-bond donors (Lipinski definition) is 1. The molecule has 4 rings (SSSR count). The minimum Gasteiger partial charge on any atom is -0.497 e. The fraction of sp³-hybridized carbons (Fsp3) is 0.333. The molecule has 2 atom stereocenters. The highest BCUT2D eigenvalue weighted by atomic mass is 16.6. The maximum absolute atomic E-state index is 14.7. The molecule has 0 bridgehead atoms. The molecule has 0 aromatic heterocycles. The summed E-state index contributed by atoms with van der Waals surface area (Å²) in [5.41, 5.74) is 6.81. The summed E-state index contributed by atoms with van der Waals surface area (Å²) in [5, 5.41) is 0. The average Bonchev–Trinajstić information content (AvgIpc) is 3.04. The molecule has 214 valence electrons. The van der Waals surface area contributed by atoms with E-state index in [-0.39, 0.29) is 6.42 Å². The van der Waals surface area contributed by atoms with Gasteiger partial charge < -0.3 is 15.2 Å². The predicted octanol–water partition coefficient (Wildman–Crippen LogP) is 5.02. The molecule has 41 heavy (non-hydrogen) atoms. The Kier molecular flexibility index (Phi) is 8.33. The molecule has 0 spiro atoms. The van der Waals surface area contributed by atoms with Crippen molar-refractivity contribution in [3.63, 3.8) is 0 Å². The minimum absolute atomic E-state index is 0.313. The van der Waals surface area contributed by atoms with Crippen molar-refractivity contribution in [3.8, 4) is 5.75 Å². The van der Waals surface area contributed by atoms with Crippen LogP contribution in [0.1, 0.15) is 57.7 Å². The zero-order valence-corrected chi connectivity index (χ0v) is 24.4. The molecule has 1 aliphatic rings. The summed E-state index contributed by atoms with van der Waals surface area (Å²) in [5.74, 6) is -1.68. The molecule has 0 radical (unpaired) electrons. The van der Waals surface area contributed by atoms with Gasteiger partial charge in [0.15, 0.2) is 5.54 Å². The van der Waals surface area contributed by atoms with Gasteiger partial charge in [-0.3, -0.25) is 24.3 Å². The van der Waals surface area contributed by atoms with Gasteiger partial charge in [-0.05, 0) is 50.5 Å². The zero-order valence-electron chi connectivity index (χ0n) is 24.4. The Labute approximate surface area is 241 Å². The summed E-state index contributed by atoms with van der Waals surface area (Å²) in [6, 6.07) is 22.5. The van der Waals surface area contributed by atoms with Crippen LogP contribution in [0.25, 0.3) is 0 Å². The van der Waals surface area contributed by atoms with Crippen LogP contribution in [0, 0.1) is 5.92 Å². The molecule has 0 aliphatic carbocycles. The number of amides is 2. The maximum atomic E-state index is 14.7. The number of primary amides is 1. The first-order valence-electron chi connectivity index (χ1n) is 13.6. The number of methoxy groups -OCH3 is 1. The van der Waals surface area contributed by atoms with E-state index in [4.69, 9.17) is 20.2 Å². The van der Waals surface area contributed by atoms with Gasteiger partial charge in [0.1, 0.15) is 17.4 Å². The number of aliphatic imine (C=N–C) groups is 1. The van der Waals surface area contributed by atoms with Crippen LogP contribution in [-0.2, 0) is 24.7 Å². The van der Waals surface area contributed by atoms with Crippen molar-refractivity contribution in [1.82, 2.24) is 0 Å². The Morgan fingerprint density at radius 2 is 1.56 bits per heavy atom. The van der Waals surface area contributed by atoms with E-state index in [2.05, 4.69) is 0 Å². The Bertz CT molecular complexity index is 1460. The number of anilines is 1. The standard InChI is InChI=1S/C33H37N3O5/c1-21(2)33(31(34)39,23-16-18-24(40-6)19-17-23)36-27-15-11-10-14-25(27)29(22-12-8-7-9-13-22)35-26(30(36)38)20-28(37)41-32(3,4)5/h7-19,21,26H,20H2,1-6H3,(H2,34,39). The lowest BCUT2D eigenvalue weighted by atomic mass is 9.76. The van der Waals surface area contributed by atoms with Gasteiger partial charge in [0.25, 0.3) is 5.91 Å². The van der Waals surface area contributed by atoms with Crippen LogP contribution in [-0.4, -0.2) is 42.2 Å². The Morgan fingerprint density at radius 3 is 2.12 bits per heavy atom. The lowest BCUT2D eigenvalue weighted by molar-refractivity contribution is -0.156. The van der Waals surface area contributed by atoms with E-state index in [0.717, 1.165) is 5.56 Å². The van der Waals surface area contributed by atoms with Crippen molar-refractivity contribution >= 4 is 29.2 Å². The largest absolute Gasteiger partial charge is 0.497 e. The number of esters is 1. The zero-order chi connectivity index (χ0) is 29.9. The first kappa shape index (κ1) is 29.5. The number of para-hydroxylation sites is 1. The highest BCUT2D eigenvalue weighted by Gasteiger charge is 2.53. The van der Waals surface area contributed by atoms with Crippen molar-refractivity contribution < 1.29 is 23.9 Å². The van der Waals surface area contributed by atoms with Gasteiger partial charge in [-0.2, -0.15) is 0 Å². The Balaban J connectivity index is 2.02. The topological polar surface area (TPSA) is 111 Å². The molecule has 3 aromatic rings. The number of carbonyl (C=O) groups excluding carboxylic acids is 3. The highest BCUT2D eigenvalue weighted by Crippen LogP contribution is 2.44. The first-order valence-corrected chi connectivity index (χ1v) is 13.6. The molecule has 2 N–H and O–H groups in total. The smallest absolute Gasteiger partial charge is 0.309 e. The van der Waals surface area contributed by atoms with Gasteiger partial charge in [-0.25, -0.2) is 0 Å². The van der Waals surface area contributed by atoms with Gasteiger partial charge in [0.2, 0.25) is 5.91 Å². The number of ether oxygens (including phenoxy) is 2. The number of benzene rings is 3. The molecule has 8 nitrogen and oxygen atoms in total. The van der Waals surface area contributed by atoms with Crippen LogP contribution in [0.4, 0.5) is 5.69 Å². The van der Waals surface area contributed by atoms with Crippen molar-refractivity contribution in [2.45, 2.75) is 58.2 Å². The number of carbonyl (C=O) groups is 3. The minimum atomic E-state index is -1.62. The second kappa shape index (κ2) is 11.6. The molecule has 1 aliphatic heterocycles. The van der Waals surface area contributed by atoms with E-state index >= 15 is 0 Å². The number of hydrogen-bond acceptors (Lipinski definition) is 6. The number of rotatable bonds is 8. The van der Waals surface area contributed by atoms with Gasteiger partial charge in [0.05, 0.1) is 24.9 Å². The Hall–Kier alpha value is -4.46. The second-order valence-corrected chi connectivity index (χ2v) is 11.4. The summed E-state index contributed by atoms with van der Waals surface area (Å²) >= 11 is 0. The molecule has 3 aromatic carbocycles. The fourth-order valence-corrected chi connectivity index (χ4v) is 5.38. The quantitative estimate of drug-likeness (QED) is 0.393. The molecular formula is C33H37N3O5. The van der Waals surface area contributed by atoms with Crippen molar-refractivity contribution in [1.29, 1.82) is 0 Å². The van der Waals surface area contributed by atoms with E-state index in [9.17, 15) is 14.4 Å². The van der Waals surface area contributed by atoms with Crippen LogP contribution < -0.4 is 15.4 Å². The van der Waals surface area contributed by atoms with Crippen LogP contribution >= 0.6 is 0 Å². The average molecular weight is 556 g/mol. The summed E-state index contributed by atoms with van der Waals surface area (Å²) < 4.78 is 10.9. The maximum Gasteiger partial charge on any atom is 0.309 e. The van der Waals surface area contributed by atoms with Crippen molar-refractivity contribution in [2.24, 2.45) is 16.6 Å². The molecule has 0 saturated carbocycles. The van der Waals surface area contributed by atoms with E-state index in [1.165, 1.54) is 4.90 Å². The molecular weight excluding hydrogens is 518 g/mol. The van der Waals surface area contributed by atoms with Crippen LogP contribution in [0.2, 0.25) is 0 Å². The third kappa shape index (κ3) is 5.73. The number of benzodiazepines with no additional fused rings is 1. The van der Waals surface area contributed by atoms with E-state index in [1.54, 1.807) is 64.3 Å². The number of nitrogens with two attached hydrogens (primary N) is 1. The van der Waals surface area contributed by atoms with Crippen molar-refractivity contribution in [3.05, 3.63) is 95.6 Å². The number of fused-ring (bicyclic) bond motifs is 1. The van der Waals surface area contributed by atoms with E-state index in [1.807, 2.05) is 56.3 Å². The van der Waals surface area contributed by atoms with Gasteiger partial charge in [0, 0.05) is 11.1 Å². The lowest BCUT2D eigenvalue weighted by Crippen LogP contribution is -2.62. The van der Waals surface area contributed by atoms with Gasteiger partial charge in [-0.15, -0.1) is 0 Å².